The van der Waals surface area contributed by atoms with Gasteiger partial charge in [0.1, 0.15) is 0 Å². The molecule has 1 N–H and O–H groups in total. The van der Waals surface area contributed by atoms with Gasteiger partial charge in [-0.25, -0.2) is 9.78 Å². The third kappa shape index (κ3) is 2.16. The number of amides is 2. The predicted molar refractivity (Wildman–Crippen MR) is 83.8 cm³/mol. The van der Waals surface area contributed by atoms with Crippen LogP contribution < -0.4 is 15.1 Å². The van der Waals surface area contributed by atoms with Crippen LogP contribution in [0.2, 0.25) is 0 Å². The summed E-state index contributed by atoms with van der Waals surface area (Å²) < 4.78 is 0. The molecular formula is C16H17N5O. The zero-order valence-electron chi connectivity index (χ0n) is 12.1. The molecule has 2 aliphatic rings. The second-order valence-corrected chi connectivity index (χ2v) is 5.62. The minimum atomic E-state index is -0.0876. The van der Waals surface area contributed by atoms with E-state index in [9.17, 15) is 4.79 Å². The summed E-state index contributed by atoms with van der Waals surface area (Å²) in [7, 11) is 0. The van der Waals surface area contributed by atoms with Crippen LogP contribution in [-0.2, 0) is 6.54 Å². The maximum Gasteiger partial charge on any atom is 0.323 e. The van der Waals surface area contributed by atoms with Crippen LogP contribution in [0.3, 0.4) is 0 Å². The number of fused-ring (bicyclic) bond motifs is 4. The third-order valence-corrected chi connectivity index (χ3v) is 4.25. The fourth-order valence-corrected chi connectivity index (χ4v) is 3.19. The lowest BCUT2D eigenvalue weighted by atomic mass is 10.2. The number of nitrogens with one attached hydrogen (secondary N) is 1. The lowest BCUT2D eigenvalue weighted by Gasteiger charge is -2.35. The molecule has 2 aromatic heterocycles. The van der Waals surface area contributed by atoms with E-state index in [0.717, 1.165) is 36.6 Å². The van der Waals surface area contributed by atoms with Crippen LogP contribution in [0.25, 0.3) is 0 Å². The van der Waals surface area contributed by atoms with Gasteiger partial charge in [-0.1, -0.05) is 6.07 Å². The third-order valence-electron chi connectivity index (χ3n) is 4.25. The Kier molecular flexibility index (Phi) is 3.14. The van der Waals surface area contributed by atoms with Crippen LogP contribution in [0.15, 0.2) is 42.9 Å². The Morgan fingerprint density at radius 3 is 3.09 bits per heavy atom. The predicted octanol–water partition coefficient (Wildman–Crippen LogP) is 1.79. The summed E-state index contributed by atoms with van der Waals surface area (Å²) in [4.78, 5) is 25.3. The number of anilines is 2. The minimum absolute atomic E-state index is 0.0876. The molecule has 1 saturated heterocycles. The van der Waals surface area contributed by atoms with Crippen molar-refractivity contribution in [3.63, 3.8) is 0 Å². The van der Waals surface area contributed by atoms with Crippen molar-refractivity contribution in [1.82, 2.24) is 15.3 Å². The lowest BCUT2D eigenvalue weighted by molar-refractivity contribution is 0.243. The second kappa shape index (κ2) is 5.29. The molecule has 4 heterocycles. The Bertz CT molecular complexity index is 690. The summed E-state index contributed by atoms with van der Waals surface area (Å²) in [6.45, 7) is 2.34. The Labute approximate surface area is 128 Å². The second-order valence-electron chi connectivity index (χ2n) is 5.62. The van der Waals surface area contributed by atoms with E-state index in [1.807, 2.05) is 29.2 Å². The largest absolute Gasteiger partial charge is 0.366 e. The maximum atomic E-state index is 12.7. The van der Waals surface area contributed by atoms with Gasteiger partial charge >= 0.3 is 6.03 Å². The highest BCUT2D eigenvalue weighted by Gasteiger charge is 2.39. The van der Waals surface area contributed by atoms with Gasteiger partial charge in [0.05, 0.1) is 11.7 Å². The van der Waals surface area contributed by atoms with E-state index in [4.69, 9.17) is 0 Å². The molecule has 0 spiro atoms. The molecule has 112 valence electrons. The number of pyridine rings is 2. The van der Waals surface area contributed by atoms with Gasteiger partial charge in [-0.05, 0) is 30.2 Å². The fraction of sp³-hybridized carbons (Fsp3) is 0.312. The van der Waals surface area contributed by atoms with Gasteiger partial charge in [0, 0.05) is 38.2 Å². The zero-order valence-corrected chi connectivity index (χ0v) is 12.1. The average molecular weight is 295 g/mol. The zero-order chi connectivity index (χ0) is 14.9. The van der Waals surface area contributed by atoms with E-state index >= 15 is 0 Å². The number of aromatic nitrogens is 2. The van der Waals surface area contributed by atoms with E-state index in [1.165, 1.54) is 0 Å². The quantitative estimate of drug-likeness (QED) is 0.917. The van der Waals surface area contributed by atoms with Gasteiger partial charge in [0.15, 0.2) is 5.82 Å². The fourth-order valence-electron chi connectivity index (χ4n) is 3.19. The van der Waals surface area contributed by atoms with Gasteiger partial charge in [0.2, 0.25) is 0 Å². The van der Waals surface area contributed by atoms with Crippen LogP contribution in [0.4, 0.5) is 16.3 Å². The van der Waals surface area contributed by atoms with E-state index in [-0.39, 0.29) is 12.1 Å². The van der Waals surface area contributed by atoms with Crippen LogP contribution >= 0.6 is 0 Å². The number of nitrogens with zero attached hydrogens (tertiary/aromatic N) is 4. The molecule has 2 aromatic rings. The molecule has 1 unspecified atom stereocenters. The molecule has 2 amide bonds. The molecule has 2 aliphatic heterocycles. The van der Waals surface area contributed by atoms with Crippen molar-refractivity contribution in [2.45, 2.75) is 19.0 Å². The molecule has 1 fully saturated rings. The van der Waals surface area contributed by atoms with Crippen molar-refractivity contribution in [1.29, 1.82) is 0 Å². The molecule has 0 saturated carbocycles. The summed E-state index contributed by atoms with van der Waals surface area (Å²) in [6, 6.07) is 7.89. The highest BCUT2D eigenvalue weighted by atomic mass is 16.2. The molecule has 2 bridgehead atoms. The Morgan fingerprint density at radius 1 is 1.32 bits per heavy atom. The van der Waals surface area contributed by atoms with E-state index in [1.54, 1.807) is 18.6 Å². The summed E-state index contributed by atoms with van der Waals surface area (Å²) in [5.41, 5.74) is 2.04. The first-order chi connectivity index (χ1) is 10.8. The van der Waals surface area contributed by atoms with Crippen molar-refractivity contribution >= 4 is 17.5 Å². The molecule has 4 rings (SSSR count). The maximum absolute atomic E-state index is 12.7. The Morgan fingerprint density at radius 2 is 2.23 bits per heavy atom. The lowest BCUT2D eigenvalue weighted by Crippen LogP contribution is -2.50. The average Bonchev–Trinajstić information content (AvgIpc) is 2.99. The van der Waals surface area contributed by atoms with Gasteiger partial charge in [-0.2, -0.15) is 0 Å². The first-order valence-corrected chi connectivity index (χ1v) is 7.49. The summed E-state index contributed by atoms with van der Waals surface area (Å²) in [6.07, 6.45) is 6.21. The van der Waals surface area contributed by atoms with Gasteiger partial charge in [0.25, 0.3) is 0 Å². The molecule has 6 nitrogen and oxygen atoms in total. The van der Waals surface area contributed by atoms with Gasteiger partial charge in [-0.15, -0.1) is 0 Å². The van der Waals surface area contributed by atoms with Crippen molar-refractivity contribution in [2.75, 3.05) is 22.9 Å². The first-order valence-electron chi connectivity index (χ1n) is 7.49. The SMILES string of the molecule is O=C(NCc1cccnc1)N1c2ncccc2N2CCC1C2. The van der Waals surface area contributed by atoms with Crippen LogP contribution in [0.5, 0.6) is 0 Å². The molecule has 6 heteroatoms. The summed E-state index contributed by atoms with van der Waals surface area (Å²) in [5, 5.41) is 2.98. The Balaban J connectivity index is 1.55. The first kappa shape index (κ1) is 13.1. The highest BCUT2D eigenvalue weighted by Crippen LogP contribution is 2.38. The molecule has 0 aliphatic carbocycles. The minimum Gasteiger partial charge on any atom is -0.366 e. The number of carbonyl (C=O) groups excluding carboxylic acids is 1. The number of carbonyl (C=O) groups is 1. The highest BCUT2D eigenvalue weighted by molar-refractivity contribution is 5.96. The smallest absolute Gasteiger partial charge is 0.323 e. The summed E-state index contributed by atoms with van der Waals surface area (Å²) in [5.74, 6) is 0.764. The van der Waals surface area contributed by atoms with Crippen LogP contribution in [-0.4, -0.2) is 35.1 Å². The number of urea groups is 1. The normalized spacial score (nSPS) is 19.0. The van der Waals surface area contributed by atoms with E-state index in [0.29, 0.717) is 6.54 Å². The van der Waals surface area contributed by atoms with E-state index < -0.39 is 0 Å². The number of hydrogen-bond acceptors (Lipinski definition) is 4. The van der Waals surface area contributed by atoms with Crippen LogP contribution in [0.1, 0.15) is 12.0 Å². The molecule has 22 heavy (non-hydrogen) atoms. The van der Waals surface area contributed by atoms with Crippen molar-refractivity contribution < 1.29 is 4.79 Å². The van der Waals surface area contributed by atoms with Crippen LogP contribution in [0, 0.1) is 0 Å². The van der Waals surface area contributed by atoms with Crippen molar-refractivity contribution in [3.8, 4) is 0 Å². The standard InChI is InChI=1S/C16H17N5O/c22-16(19-10-12-3-1-6-17-9-12)21-13-5-8-20(11-13)14-4-2-7-18-15(14)21/h1-4,6-7,9,13H,5,8,10-11H2,(H,19,22). The number of hydrogen-bond donors (Lipinski definition) is 1. The van der Waals surface area contributed by atoms with E-state index in [2.05, 4.69) is 20.2 Å². The monoisotopic (exact) mass is 295 g/mol. The molecular weight excluding hydrogens is 278 g/mol. The summed E-state index contributed by atoms with van der Waals surface area (Å²) >= 11 is 0. The van der Waals surface area contributed by atoms with Gasteiger partial charge in [-0.3, -0.25) is 9.88 Å². The Hall–Kier alpha value is -2.63. The molecule has 0 aromatic carbocycles. The van der Waals surface area contributed by atoms with Crippen molar-refractivity contribution in [2.24, 2.45) is 0 Å². The van der Waals surface area contributed by atoms with Crippen molar-refractivity contribution in [3.05, 3.63) is 48.4 Å². The molecule has 0 radical (unpaired) electrons. The molecule has 1 atom stereocenters. The van der Waals surface area contributed by atoms with Gasteiger partial charge < -0.3 is 10.2 Å². The topological polar surface area (TPSA) is 61.4 Å². The number of rotatable bonds is 2.